The normalized spacial score (nSPS) is 13.9. The highest BCUT2D eigenvalue weighted by molar-refractivity contribution is 8.13. The van der Waals surface area contributed by atoms with Crippen LogP contribution in [0.5, 0.6) is 0 Å². The molecule has 0 aliphatic heterocycles. The maximum absolute atomic E-state index is 10.7. The molecule has 0 radical (unpaired) electrons. The van der Waals surface area contributed by atoms with Crippen molar-refractivity contribution in [2.24, 2.45) is 0 Å². The Hall–Kier alpha value is -0.580. The van der Waals surface area contributed by atoms with E-state index in [1.165, 1.54) is 0 Å². The van der Waals surface area contributed by atoms with E-state index >= 15 is 0 Å². The molecule has 0 bridgehead atoms. The zero-order valence-corrected chi connectivity index (χ0v) is 9.22. The van der Waals surface area contributed by atoms with E-state index in [2.05, 4.69) is 0 Å². The van der Waals surface area contributed by atoms with Crippen molar-refractivity contribution < 1.29 is 13.5 Å². The van der Waals surface area contributed by atoms with Crippen molar-refractivity contribution in [2.45, 2.75) is 18.8 Å². The molecule has 0 heterocycles. The van der Waals surface area contributed by atoms with Gasteiger partial charge in [0.15, 0.2) is 0 Å². The first-order valence-corrected chi connectivity index (χ1v) is 6.55. The Morgan fingerprint density at radius 2 is 1.86 bits per heavy atom. The lowest BCUT2D eigenvalue weighted by atomic mass is 10.1. The number of aliphatic hydroxyl groups is 1. The van der Waals surface area contributed by atoms with Crippen LogP contribution >= 0.6 is 10.7 Å². The first-order chi connectivity index (χ1) is 6.38. The van der Waals surface area contributed by atoms with Crippen molar-refractivity contribution in [1.82, 2.24) is 0 Å². The lowest BCUT2D eigenvalue weighted by Crippen LogP contribution is -1.96. The summed E-state index contributed by atoms with van der Waals surface area (Å²) >= 11 is 0. The molecule has 1 aromatic carbocycles. The average molecular weight is 235 g/mol. The minimum absolute atomic E-state index is 0.186. The van der Waals surface area contributed by atoms with Gasteiger partial charge >= 0.3 is 0 Å². The molecule has 0 aliphatic rings. The van der Waals surface area contributed by atoms with Crippen molar-refractivity contribution in [3.8, 4) is 0 Å². The van der Waals surface area contributed by atoms with E-state index in [-0.39, 0.29) is 5.75 Å². The topological polar surface area (TPSA) is 54.4 Å². The maximum Gasteiger partial charge on any atom is 0.236 e. The second-order valence-electron chi connectivity index (χ2n) is 3.10. The summed E-state index contributed by atoms with van der Waals surface area (Å²) in [6.07, 6.45) is -0.545. The molecule has 1 rings (SSSR count). The van der Waals surface area contributed by atoms with E-state index in [1.807, 2.05) is 0 Å². The molecule has 14 heavy (non-hydrogen) atoms. The zero-order valence-electron chi connectivity index (χ0n) is 7.64. The van der Waals surface area contributed by atoms with E-state index in [0.29, 0.717) is 5.56 Å². The third-order valence-electron chi connectivity index (χ3n) is 1.80. The number of halogens is 1. The fraction of sp³-hybridized carbons (Fsp3) is 0.333. The Morgan fingerprint density at radius 3 is 2.21 bits per heavy atom. The Bertz CT molecular complexity index is 395. The predicted octanol–water partition coefficient (Wildman–Crippen LogP) is 1.81. The number of hydrogen-bond acceptors (Lipinski definition) is 3. The highest BCUT2D eigenvalue weighted by Gasteiger charge is 2.07. The molecule has 1 atom stereocenters. The molecular weight excluding hydrogens is 224 g/mol. The molecule has 0 saturated heterocycles. The molecular formula is C9H11ClO3S. The SMILES string of the molecule is CC(O)c1ccc(CS(=O)(=O)Cl)cc1. The minimum Gasteiger partial charge on any atom is -0.389 e. The molecule has 0 amide bonds. The summed E-state index contributed by atoms with van der Waals surface area (Å²) in [4.78, 5) is 0. The highest BCUT2D eigenvalue weighted by atomic mass is 35.7. The van der Waals surface area contributed by atoms with Gasteiger partial charge in [-0.25, -0.2) is 8.42 Å². The van der Waals surface area contributed by atoms with Crippen molar-refractivity contribution in [1.29, 1.82) is 0 Å². The van der Waals surface area contributed by atoms with Gasteiger partial charge in [0.1, 0.15) is 0 Å². The Morgan fingerprint density at radius 1 is 1.36 bits per heavy atom. The predicted molar refractivity (Wildman–Crippen MR) is 55.6 cm³/mol. The van der Waals surface area contributed by atoms with Crippen molar-refractivity contribution in [3.05, 3.63) is 35.4 Å². The molecule has 3 nitrogen and oxygen atoms in total. The summed E-state index contributed by atoms with van der Waals surface area (Å²) in [5.41, 5.74) is 1.37. The first-order valence-electron chi connectivity index (χ1n) is 4.08. The fourth-order valence-corrected chi connectivity index (χ4v) is 2.06. The highest BCUT2D eigenvalue weighted by Crippen LogP contribution is 2.15. The number of rotatable bonds is 3. The van der Waals surface area contributed by atoms with Gasteiger partial charge in [-0.05, 0) is 18.1 Å². The second-order valence-corrected chi connectivity index (χ2v) is 5.88. The summed E-state index contributed by atoms with van der Waals surface area (Å²) in [5, 5.41) is 9.20. The van der Waals surface area contributed by atoms with E-state index in [1.54, 1.807) is 31.2 Å². The van der Waals surface area contributed by atoms with E-state index in [0.717, 1.165) is 5.56 Å². The van der Waals surface area contributed by atoms with Gasteiger partial charge in [-0.3, -0.25) is 0 Å². The van der Waals surface area contributed by atoms with Crippen LogP contribution in [-0.2, 0) is 14.8 Å². The van der Waals surface area contributed by atoms with Gasteiger partial charge in [-0.2, -0.15) is 0 Å². The molecule has 1 aromatic rings. The van der Waals surface area contributed by atoms with E-state index in [4.69, 9.17) is 10.7 Å². The molecule has 0 saturated carbocycles. The van der Waals surface area contributed by atoms with Gasteiger partial charge in [0.05, 0.1) is 11.9 Å². The molecule has 78 valence electrons. The van der Waals surface area contributed by atoms with Crippen molar-refractivity contribution in [3.63, 3.8) is 0 Å². The summed E-state index contributed by atoms with van der Waals surface area (Å²) in [5.74, 6) is -0.186. The van der Waals surface area contributed by atoms with Crippen LogP contribution in [0, 0.1) is 0 Å². The van der Waals surface area contributed by atoms with Crippen LogP contribution in [0.25, 0.3) is 0 Å². The summed E-state index contributed by atoms with van der Waals surface area (Å²) in [6.45, 7) is 1.65. The van der Waals surface area contributed by atoms with Crippen LogP contribution < -0.4 is 0 Å². The molecule has 0 fully saturated rings. The Labute approximate surface area is 87.8 Å². The van der Waals surface area contributed by atoms with Crippen molar-refractivity contribution >= 4 is 19.7 Å². The average Bonchev–Trinajstić information content (AvgIpc) is 2.02. The van der Waals surface area contributed by atoms with E-state index in [9.17, 15) is 13.5 Å². The van der Waals surface area contributed by atoms with Crippen LogP contribution in [-0.4, -0.2) is 13.5 Å². The molecule has 0 spiro atoms. The van der Waals surface area contributed by atoms with Gasteiger partial charge in [0.25, 0.3) is 0 Å². The molecule has 1 N–H and O–H groups in total. The van der Waals surface area contributed by atoms with Gasteiger partial charge < -0.3 is 5.11 Å². The Kier molecular flexibility index (Phi) is 3.53. The minimum atomic E-state index is -3.50. The molecule has 0 aliphatic carbocycles. The lowest BCUT2D eigenvalue weighted by Gasteiger charge is -2.04. The van der Waals surface area contributed by atoms with Gasteiger partial charge in [-0.15, -0.1) is 0 Å². The van der Waals surface area contributed by atoms with Crippen molar-refractivity contribution in [2.75, 3.05) is 0 Å². The standard InChI is InChI=1S/C9H11ClO3S/c1-7(11)9-4-2-8(3-5-9)6-14(10,12)13/h2-5,7,11H,6H2,1H3. The van der Waals surface area contributed by atoms with Crippen LogP contribution in [0.15, 0.2) is 24.3 Å². The Balaban J connectivity index is 2.84. The van der Waals surface area contributed by atoms with Gasteiger partial charge in [0, 0.05) is 10.7 Å². The van der Waals surface area contributed by atoms with Gasteiger partial charge in [-0.1, -0.05) is 24.3 Å². The number of aliphatic hydroxyl groups excluding tert-OH is 1. The quantitative estimate of drug-likeness (QED) is 0.812. The monoisotopic (exact) mass is 234 g/mol. The molecule has 0 aromatic heterocycles. The number of benzene rings is 1. The van der Waals surface area contributed by atoms with Gasteiger partial charge in [0.2, 0.25) is 9.05 Å². The summed E-state index contributed by atoms with van der Waals surface area (Å²) in [6, 6.07) is 6.65. The number of hydrogen-bond donors (Lipinski definition) is 1. The third kappa shape index (κ3) is 3.65. The second kappa shape index (κ2) is 4.29. The van der Waals surface area contributed by atoms with Crippen LogP contribution in [0.2, 0.25) is 0 Å². The zero-order chi connectivity index (χ0) is 10.8. The fourth-order valence-electron chi connectivity index (χ4n) is 1.09. The molecule has 5 heteroatoms. The largest absolute Gasteiger partial charge is 0.389 e. The van der Waals surface area contributed by atoms with Crippen LogP contribution in [0.1, 0.15) is 24.2 Å². The lowest BCUT2D eigenvalue weighted by molar-refractivity contribution is 0.199. The van der Waals surface area contributed by atoms with Crippen LogP contribution in [0.4, 0.5) is 0 Å². The smallest absolute Gasteiger partial charge is 0.236 e. The first kappa shape index (κ1) is 11.5. The third-order valence-corrected chi connectivity index (χ3v) is 2.81. The van der Waals surface area contributed by atoms with Crippen LogP contribution in [0.3, 0.4) is 0 Å². The summed E-state index contributed by atoms with van der Waals surface area (Å²) < 4.78 is 21.5. The maximum atomic E-state index is 10.7. The van der Waals surface area contributed by atoms with E-state index < -0.39 is 15.2 Å². The summed E-state index contributed by atoms with van der Waals surface area (Å²) in [7, 11) is 1.59. The molecule has 1 unspecified atom stereocenters.